The Bertz CT molecular complexity index is 1180. The van der Waals surface area contributed by atoms with Crippen LogP contribution in [0.2, 0.25) is 5.02 Å². The van der Waals surface area contributed by atoms with Gasteiger partial charge >= 0.3 is 0 Å². The fourth-order valence-corrected chi connectivity index (χ4v) is 4.39. The third-order valence-corrected chi connectivity index (χ3v) is 6.06. The molecule has 0 bridgehead atoms. The van der Waals surface area contributed by atoms with Crippen LogP contribution >= 0.6 is 23.4 Å². The summed E-state index contributed by atoms with van der Waals surface area (Å²) >= 11 is 7.60. The largest absolute Gasteiger partial charge is 0.495 e. The number of benzene rings is 3. The third kappa shape index (κ3) is 4.40. The van der Waals surface area contributed by atoms with Crippen LogP contribution in [0.3, 0.4) is 0 Å². The number of aromatic nitrogens is 2. The quantitative estimate of drug-likeness (QED) is 0.308. The fraction of sp³-hybridized carbons (Fsp3) is 0.0870. The third-order valence-electron chi connectivity index (χ3n) is 4.50. The van der Waals surface area contributed by atoms with Gasteiger partial charge in [0.25, 0.3) is 0 Å². The van der Waals surface area contributed by atoms with E-state index in [-0.39, 0.29) is 5.91 Å². The van der Waals surface area contributed by atoms with E-state index in [0.29, 0.717) is 16.5 Å². The van der Waals surface area contributed by atoms with Gasteiger partial charge in [-0.25, -0.2) is 9.97 Å². The van der Waals surface area contributed by atoms with Gasteiger partial charge in [0.15, 0.2) is 0 Å². The Labute approximate surface area is 183 Å². The second kappa shape index (κ2) is 9.15. The molecule has 0 aliphatic rings. The minimum atomic E-state index is -0.509. The molecule has 4 aromatic rings. The molecule has 0 fully saturated rings. The van der Waals surface area contributed by atoms with E-state index in [2.05, 4.69) is 15.3 Å². The van der Waals surface area contributed by atoms with Crippen molar-refractivity contribution < 1.29 is 9.53 Å². The molecule has 150 valence electrons. The molecule has 0 saturated carbocycles. The molecule has 1 heterocycles. The van der Waals surface area contributed by atoms with Crippen LogP contribution in [0.5, 0.6) is 5.75 Å². The van der Waals surface area contributed by atoms with E-state index in [9.17, 15) is 4.79 Å². The highest BCUT2D eigenvalue weighted by Crippen LogP contribution is 2.38. The number of nitrogens with one attached hydrogen (secondary N) is 1. The van der Waals surface area contributed by atoms with Gasteiger partial charge in [-0.15, -0.1) is 0 Å². The van der Waals surface area contributed by atoms with Gasteiger partial charge < -0.3 is 10.1 Å². The predicted molar refractivity (Wildman–Crippen MR) is 121 cm³/mol. The van der Waals surface area contributed by atoms with Crippen molar-refractivity contribution >= 4 is 45.9 Å². The molecule has 1 atom stereocenters. The van der Waals surface area contributed by atoms with Crippen molar-refractivity contribution in [1.29, 1.82) is 0 Å². The summed E-state index contributed by atoms with van der Waals surface area (Å²) in [5.74, 6) is 0.381. The van der Waals surface area contributed by atoms with E-state index in [1.54, 1.807) is 25.3 Å². The SMILES string of the molecule is COc1ccc(NC(=O)[C@H](Sc2ncnc3ccccc23)c2ccccc2)cc1Cl. The van der Waals surface area contributed by atoms with Crippen LogP contribution in [-0.4, -0.2) is 23.0 Å². The zero-order valence-corrected chi connectivity index (χ0v) is 17.7. The van der Waals surface area contributed by atoms with Crippen LogP contribution in [-0.2, 0) is 4.79 Å². The van der Waals surface area contributed by atoms with Gasteiger partial charge in [-0.1, -0.05) is 71.9 Å². The van der Waals surface area contributed by atoms with Gasteiger partial charge in [-0.2, -0.15) is 0 Å². The Balaban J connectivity index is 1.66. The highest BCUT2D eigenvalue weighted by molar-refractivity contribution is 8.00. The number of carbonyl (C=O) groups is 1. The average Bonchev–Trinajstić information content (AvgIpc) is 2.78. The molecular weight excluding hydrogens is 418 g/mol. The molecule has 0 aliphatic carbocycles. The molecule has 4 rings (SSSR count). The minimum absolute atomic E-state index is 0.171. The number of carbonyl (C=O) groups excluding carboxylic acids is 1. The number of hydrogen-bond donors (Lipinski definition) is 1. The van der Waals surface area contributed by atoms with E-state index >= 15 is 0 Å². The van der Waals surface area contributed by atoms with Crippen LogP contribution in [0.1, 0.15) is 10.8 Å². The molecular formula is C23H18ClN3O2S. The number of nitrogens with zero attached hydrogens (tertiary/aromatic N) is 2. The molecule has 0 aliphatic heterocycles. The van der Waals surface area contributed by atoms with Crippen molar-refractivity contribution in [2.24, 2.45) is 0 Å². The van der Waals surface area contributed by atoms with Gasteiger partial charge in [0.05, 0.1) is 17.6 Å². The number of thioether (sulfide) groups is 1. The lowest BCUT2D eigenvalue weighted by molar-refractivity contribution is -0.115. The molecule has 30 heavy (non-hydrogen) atoms. The summed E-state index contributed by atoms with van der Waals surface area (Å²) in [6, 6.07) is 22.5. The number of ether oxygens (including phenoxy) is 1. The van der Waals surface area contributed by atoms with Crippen molar-refractivity contribution in [2.45, 2.75) is 10.3 Å². The maximum Gasteiger partial charge on any atom is 0.242 e. The first-order valence-corrected chi connectivity index (χ1v) is 10.5. The number of amides is 1. The summed E-state index contributed by atoms with van der Waals surface area (Å²) in [6.07, 6.45) is 1.52. The lowest BCUT2D eigenvalue weighted by Crippen LogP contribution is -2.19. The first-order chi connectivity index (χ1) is 14.7. The van der Waals surface area contributed by atoms with Crippen molar-refractivity contribution in [3.63, 3.8) is 0 Å². The van der Waals surface area contributed by atoms with Crippen LogP contribution in [0.15, 0.2) is 84.1 Å². The zero-order valence-electron chi connectivity index (χ0n) is 16.1. The number of hydrogen-bond acceptors (Lipinski definition) is 5. The number of anilines is 1. The number of halogens is 1. The molecule has 1 N–H and O–H groups in total. The molecule has 0 radical (unpaired) electrons. The van der Waals surface area contributed by atoms with E-state index in [4.69, 9.17) is 16.3 Å². The second-order valence-corrected chi connectivity index (χ2v) is 7.94. The van der Waals surface area contributed by atoms with Gasteiger partial charge in [0, 0.05) is 11.1 Å². The summed E-state index contributed by atoms with van der Waals surface area (Å²) in [7, 11) is 1.55. The molecule has 7 heteroatoms. The van der Waals surface area contributed by atoms with Crippen molar-refractivity contribution in [3.8, 4) is 5.75 Å². The summed E-state index contributed by atoms with van der Waals surface area (Å²) in [5.41, 5.74) is 2.31. The smallest absolute Gasteiger partial charge is 0.242 e. The van der Waals surface area contributed by atoms with Crippen molar-refractivity contribution in [1.82, 2.24) is 9.97 Å². The second-order valence-electron chi connectivity index (χ2n) is 6.44. The lowest BCUT2D eigenvalue weighted by Gasteiger charge is -2.17. The number of rotatable bonds is 6. The lowest BCUT2D eigenvalue weighted by atomic mass is 10.1. The van der Waals surface area contributed by atoms with Crippen LogP contribution in [0.25, 0.3) is 10.9 Å². The first kappa shape index (κ1) is 20.2. The van der Waals surface area contributed by atoms with E-state index in [1.807, 2.05) is 54.6 Å². The summed E-state index contributed by atoms with van der Waals surface area (Å²) in [4.78, 5) is 22.0. The zero-order chi connectivity index (χ0) is 20.9. The highest BCUT2D eigenvalue weighted by atomic mass is 35.5. The maximum atomic E-state index is 13.3. The highest BCUT2D eigenvalue weighted by Gasteiger charge is 2.24. The first-order valence-electron chi connectivity index (χ1n) is 9.21. The van der Waals surface area contributed by atoms with Gasteiger partial charge in [0.1, 0.15) is 22.4 Å². The molecule has 1 amide bonds. The molecule has 0 saturated heterocycles. The topological polar surface area (TPSA) is 64.1 Å². The number of para-hydroxylation sites is 1. The van der Waals surface area contributed by atoms with E-state index in [0.717, 1.165) is 21.5 Å². The number of methoxy groups -OCH3 is 1. The van der Waals surface area contributed by atoms with E-state index in [1.165, 1.54) is 18.1 Å². The Hall–Kier alpha value is -3.09. The van der Waals surface area contributed by atoms with Gasteiger partial charge in [-0.3, -0.25) is 4.79 Å². The molecule has 1 aromatic heterocycles. The predicted octanol–water partition coefficient (Wildman–Crippen LogP) is 5.76. The Morgan fingerprint density at radius 1 is 1.03 bits per heavy atom. The molecule has 3 aromatic carbocycles. The molecule has 0 spiro atoms. The van der Waals surface area contributed by atoms with Crippen LogP contribution < -0.4 is 10.1 Å². The Morgan fingerprint density at radius 3 is 2.57 bits per heavy atom. The molecule has 5 nitrogen and oxygen atoms in total. The maximum absolute atomic E-state index is 13.3. The van der Waals surface area contributed by atoms with Crippen LogP contribution in [0, 0.1) is 0 Å². The average molecular weight is 436 g/mol. The summed E-state index contributed by atoms with van der Waals surface area (Å²) < 4.78 is 5.18. The standard InChI is InChI=1S/C23H18ClN3O2S/c1-29-20-12-11-16(13-18(20)24)27-22(28)21(15-7-3-2-4-8-15)30-23-17-9-5-6-10-19(17)25-14-26-23/h2-14,21H,1H3,(H,27,28)/t21-/m1/s1. The molecule has 0 unspecified atom stereocenters. The summed E-state index contributed by atoms with van der Waals surface area (Å²) in [5, 5.41) is 4.54. The number of fused-ring (bicyclic) bond motifs is 1. The Morgan fingerprint density at radius 2 is 1.80 bits per heavy atom. The monoisotopic (exact) mass is 435 g/mol. The fourth-order valence-electron chi connectivity index (χ4n) is 3.04. The van der Waals surface area contributed by atoms with E-state index < -0.39 is 5.25 Å². The minimum Gasteiger partial charge on any atom is -0.495 e. The normalized spacial score (nSPS) is 11.8. The van der Waals surface area contributed by atoms with Gasteiger partial charge in [0.2, 0.25) is 5.91 Å². The van der Waals surface area contributed by atoms with Crippen molar-refractivity contribution in [2.75, 3.05) is 12.4 Å². The van der Waals surface area contributed by atoms with Gasteiger partial charge in [-0.05, 0) is 29.8 Å². The summed E-state index contributed by atoms with van der Waals surface area (Å²) in [6.45, 7) is 0. The van der Waals surface area contributed by atoms with Crippen LogP contribution in [0.4, 0.5) is 5.69 Å². The Kier molecular flexibility index (Phi) is 6.16. The van der Waals surface area contributed by atoms with Crippen molar-refractivity contribution in [3.05, 3.63) is 89.7 Å².